The van der Waals surface area contributed by atoms with E-state index in [2.05, 4.69) is 4.98 Å². The molecule has 1 heterocycles. The predicted octanol–water partition coefficient (Wildman–Crippen LogP) is 0.784. The summed E-state index contributed by atoms with van der Waals surface area (Å²) in [5.41, 5.74) is 5.37. The van der Waals surface area contributed by atoms with Crippen LogP contribution in [0.25, 0.3) is 0 Å². The maximum Gasteiger partial charge on any atom is 0.356 e. The van der Waals surface area contributed by atoms with Crippen molar-refractivity contribution >= 4 is 24.1 Å². The Labute approximate surface area is 69.5 Å². The number of nitrogen functional groups attached to an aromatic ring is 1. The third-order valence-corrected chi connectivity index (χ3v) is 1.04. The summed E-state index contributed by atoms with van der Waals surface area (Å²) < 4.78 is 0. The van der Waals surface area contributed by atoms with Gasteiger partial charge in [-0.2, -0.15) is 0 Å². The maximum atomic E-state index is 10.3. The maximum absolute atomic E-state index is 10.3. The zero-order valence-electron chi connectivity index (χ0n) is 5.52. The largest absolute Gasteiger partial charge is 0.476 e. The van der Waals surface area contributed by atoms with E-state index in [1.165, 1.54) is 12.3 Å². The summed E-state index contributed by atoms with van der Waals surface area (Å²) in [5, 5.41) is 8.42. The van der Waals surface area contributed by atoms with Gasteiger partial charge in [0.15, 0.2) is 5.69 Å². The Kier molecular flexibility index (Phi) is 3.33. The lowest BCUT2D eigenvalue weighted by Gasteiger charge is -1.95. The van der Waals surface area contributed by atoms with Gasteiger partial charge in [0.25, 0.3) is 0 Å². The summed E-state index contributed by atoms with van der Waals surface area (Å²) in [6, 6.07) is 3.08. The molecule has 5 heteroatoms. The van der Waals surface area contributed by atoms with E-state index >= 15 is 0 Å². The van der Waals surface area contributed by atoms with Crippen LogP contribution in [0.5, 0.6) is 0 Å². The average Bonchev–Trinajstić information content (AvgIpc) is 1.88. The highest BCUT2D eigenvalue weighted by Crippen LogP contribution is 2.05. The number of carbonyl (C=O) groups is 1. The molecule has 0 aliphatic heterocycles. The van der Waals surface area contributed by atoms with Crippen LogP contribution < -0.4 is 5.73 Å². The number of halogens is 1. The van der Waals surface area contributed by atoms with E-state index in [-0.39, 0.29) is 23.8 Å². The van der Waals surface area contributed by atoms with E-state index in [1.54, 1.807) is 6.07 Å². The molecule has 0 bridgehead atoms. The molecule has 0 fully saturated rings. The van der Waals surface area contributed by atoms with Crippen LogP contribution in [0.2, 0.25) is 0 Å². The van der Waals surface area contributed by atoms with Crippen molar-refractivity contribution in [3.8, 4) is 0 Å². The zero-order chi connectivity index (χ0) is 7.56. The second-order valence-corrected chi connectivity index (χ2v) is 1.75. The molecule has 0 amide bonds. The average molecular weight is 175 g/mol. The zero-order valence-corrected chi connectivity index (χ0v) is 6.34. The lowest BCUT2D eigenvalue weighted by molar-refractivity contribution is 0.0692. The highest BCUT2D eigenvalue weighted by molar-refractivity contribution is 5.90. The summed E-state index contributed by atoms with van der Waals surface area (Å²) in [6.45, 7) is 0. The number of hydrogen-bond donors (Lipinski definition) is 2. The first-order chi connectivity index (χ1) is 4.72. The van der Waals surface area contributed by atoms with Crippen molar-refractivity contribution in [1.82, 2.24) is 4.98 Å². The molecule has 4 nitrogen and oxygen atoms in total. The minimum Gasteiger partial charge on any atom is -0.476 e. The standard InChI is InChI=1S/C6H6N2O2.ClH/c7-4-2-1-3-8-5(4)6(9)10;/h1-3H,7H2,(H,9,10);1H. The number of rotatable bonds is 1. The smallest absolute Gasteiger partial charge is 0.356 e. The van der Waals surface area contributed by atoms with E-state index in [1.807, 2.05) is 0 Å². The summed E-state index contributed by atoms with van der Waals surface area (Å²) in [6.07, 6.45) is 1.39. The Morgan fingerprint density at radius 2 is 2.27 bits per heavy atom. The van der Waals surface area contributed by atoms with E-state index in [0.29, 0.717) is 0 Å². The SMILES string of the molecule is Cl.Nc1cccnc1C(=O)O. The van der Waals surface area contributed by atoms with Gasteiger partial charge in [0.1, 0.15) is 0 Å². The molecule has 60 valence electrons. The quantitative estimate of drug-likeness (QED) is 0.660. The molecule has 0 atom stereocenters. The molecule has 0 saturated carbocycles. The highest BCUT2D eigenvalue weighted by Gasteiger charge is 2.06. The summed E-state index contributed by atoms with van der Waals surface area (Å²) >= 11 is 0. The van der Waals surface area contributed by atoms with E-state index in [4.69, 9.17) is 10.8 Å². The van der Waals surface area contributed by atoms with Crippen LogP contribution in [-0.4, -0.2) is 16.1 Å². The van der Waals surface area contributed by atoms with Gasteiger partial charge < -0.3 is 10.8 Å². The molecular weight excluding hydrogens is 168 g/mol. The van der Waals surface area contributed by atoms with Gasteiger partial charge in [-0.05, 0) is 12.1 Å². The minimum atomic E-state index is -1.10. The molecule has 11 heavy (non-hydrogen) atoms. The number of pyridine rings is 1. The van der Waals surface area contributed by atoms with Crippen molar-refractivity contribution in [3.05, 3.63) is 24.0 Å². The van der Waals surface area contributed by atoms with Crippen molar-refractivity contribution < 1.29 is 9.90 Å². The van der Waals surface area contributed by atoms with Crippen LogP contribution in [0.4, 0.5) is 5.69 Å². The van der Waals surface area contributed by atoms with Crippen molar-refractivity contribution in [1.29, 1.82) is 0 Å². The second kappa shape index (κ2) is 3.78. The van der Waals surface area contributed by atoms with E-state index in [0.717, 1.165) is 0 Å². The van der Waals surface area contributed by atoms with Crippen molar-refractivity contribution in [2.24, 2.45) is 0 Å². The molecule has 3 N–H and O–H groups in total. The molecule has 0 unspecified atom stereocenters. The van der Waals surface area contributed by atoms with Crippen molar-refractivity contribution in [3.63, 3.8) is 0 Å². The number of carboxylic acid groups (broad SMARTS) is 1. The molecule has 0 saturated heterocycles. The Hall–Kier alpha value is -1.29. The number of aromatic carboxylic acids is 1. The van der Waals surface area contributed by atoms with E-state index < -0.39 is 5.97 Å². The Bertz CT molecular complexity index is 265. The molecular formula is C6H7ClN2O2. The first-order valence-electron chi connectivity index (χ1n) is 2.65. The summed E-state index contributed by atoms with van der Waals surface area (Å²) in [4.78, 5) is 13.8. The van der Waals surface area contributed by atoms with E-state index in [9.17, 15) is 4.79 Å². The fourth-order valence-corrected chi connectivity index (χ4v) is 0.596. The van der Waals surface area contributed by atoms with Gasteiger partial charge in [0, 0.05) is 6.20 Å². The molecule has 0 spiro atoms. The van der Waals surface area contributed by atoms with Crippen molar-refractivity contribution in [2.45, 2.75) is 0 Å². The number of carboxylic acids is 1. The Balaban J connectivity index is 0.000001000. The van der Waals surface area contributed by atoms with Gasteiger partial charge in [0.05, 0.1) is 5.69 Å². The third kappa shape index (κ3) is 2.09. The molecule has 0 aliphatic rings. The number of nitrogens with zero attached hydrogens (tertiary/aromatic N) is 1. The second-order valence-electron chi connectivity index (χ2n) is 1.75. The highest BCUT2D eigenvalue weighted by atomic mass is 35.5. The molecule has 1 rings (SSSR count). The lowest BCUT2D eigenvalue weighted by Crippen LogP contribution is -2.04. The number of aromatic nitrogens is 1. The fraction of sp³-hybridized carbons (Fsp3) is 0. The Morgan fingerprint density at radius 3 is 2.64 bits per heavy atom. The normalized spacial score (nSPS) is 8.36. The monoisotopic (exact) mass is 174 g/mol. The number of hydrogen-bond acceptors (Lipinski definition) is 3. The molecule has 0 aromatic carbocycles. The number of anilines is 1. The van der Waals surface area contributed by atoms with Gasteiger partial charge in [-0.25, -0.2) is 9.78 Å². The van der Waals surface area contributed by atoms with Crippen LogP contribution in [-0.2, 0) is 0 Å². The molecule has 0 aliphatic carbocycles. The summed E-state index contributed by atoms with van der Waals surface area (Å²) in [5.74, 6) is -1.10. The van der Waals surface area contributed by atoms with Crippen LogP contribution in [0.3, 0.4) is 0 Å². The van der Waals surface area contributed by atoms with Gasteiger partial charge in [0.2, 0.25) is 0 Å². The first kappa shape index (κ1) is 9.71. The molecule has 1 aromatic rings. The van der Waals surface area contributed by atoms with Gasteiger partial charge in [-0.15, -0.1) is 12.4 Å². The van der Waals surface area contributed by atoms with Gasteiger partial charge in [-0.1, -0.05) is 0 Å². The fourth-order valence-electron chi connectivity index (χ4n) is 0.596. The summed E-state index contributed by atoms with van der Waals surface area (Å²) in [7, 11) is 0. The van der Waals surface area contributed by atoms with Crippen LogP contribution >= 0.6 is 12.4 Å². The van der Waals surface area contributed by atoms with Gasteiger partial charge >= 0.3 is 5.97 Å². The number of nitrogens with two attached hydrogens (primary N) is 1. The molecule has 1 aromatic heterocycles. The molecule has 0 radical (unpaired) electrons. The van der Waals surface area contributed by atoms with Crippen LogP contribution in [0, 0.1) is 0 Å². The third-order valence-electron chi connectivity index (χ3n) is 1.04. The van der Waals surface area contributed by atoms with Gasteiger partial charge in [-0.3, -0.25) is 0 Å². The predicted molar refractivity (Wildman–Crippen MR) is 42.9 cm³/mol. The lowest BCUT2D eigenvalue weighted by atomic mass is 10.3. The topological polar surface area (TPSA) is 76.2 Å². The van der Waals surface area contributed by atoms with Crippen LogP contribution in [0.15, 0.2) is 18.3 Å². The van der Waals surface area contributed by atoms with Crippen LogP contribution in [0.1, 0.15) is 10.5 Å². The first-order valence-corrected chi connectivity index (χ1v) is 2.65. The Morgan fingerprint density at radius 1 is 1.64 bits per heavy atom. The van der Waals surface area contributed by atoms with Crippen molar-refractivity contribution in [2.75, 3.05) is 5.73 Å². The minimum absolute atomic E-state index is 0.